The van der Waals surface area contributed by atoms with Gasteiger partial charge in [-0.3, -0.25) is 5.10 Å². The van der Waals surface area contributed by atoms with Gasteiger partial charge in [0.1, 0.15) is 0 Å². The van der Waals surface area contributed by atoms with Crippen molar-refractivity contribution in [2.45, 2.75) is 45.3 Å². The molecule has 0 amide bonds. The van der Waals surface area contributed by atoms with E-state index in [1.54, 1.807) is 11.0 Å². The number of nitrogens with zero attached hydrogens (tertiary/aromatic N) is 3. The van der Waals surface area contributed by atoms with Gasteiger partial charge in [-0.25, -0.2) is 0 Å². The van der Waals surface area contributed by atoms with Gasteiger partial charge in [0.05, 0.1) is 12.1 Å². The van der Waals surface area contributed by atoms with Crippen LogP contribution in [0.1, 0.15) is 32.3 Å². The Hall–Kier alpha value is 14.9. The average molecular weight is 1090 g/mol. The molecule has 0 aliphatic heterocycles. The second-order valence-electron chi connectivity index (χ2n) is 6.92. The van der Waals surface area contributed by atoms with Crippen LogP contribution in [0.2, 0.25) is 5.02 Å². The van der Waals surface area contributed by atoms with Gasteiger partial charge in [-0.05, 0) is 60.9 Å². The molecule has 3 rings (SSSR count). The zero-order valence-electron chi connectivity index (χ0n) is 22.0. The molecule has 1 aromatic carbocycles. The molecule has 1 heterocycles. The predicted molar refractivity (Wildman–Crippen MR) is 132 cm³/mol. The van der Waals surface area contributed by atoms with Crippen LogP contribution in [0.5, 0.6) is 0 Å². The van der Waals surface area contributed by atoms with Gasteiger partial charge in [0.2, 0.25) is 0 Å². The number of aromatic nitrogens is 3. The normalized spacial score (nSPS) is 20.3. The predicted octanol–water partition coefficient (Wildman–Crippen LogP) is -2.90. The molecular weight excluding hydrogens is 1070 g/mol. The minimum absolute atomic E-state index is 0. The Morgan fingerprint density at radius 3 is 2.03 bits per heavy atom. The van der Waals surface area contributed by atoms with Crippen molar-refractivity contribution in [3.05, 3.63) is 47.5 Å². The zero-order chi connectivity index (χ0) is 23.8. The standard InChI is InChI=1S/C17H21ClN3O.9Rb/c1-16(2)8-7-14(9-13-3-5-15(18)6-4-13)17(16,22)10-21-12-19-11-20-21;;;;;;;;;/h3-6,12,14,22H,7-10H2,1-2H3;;;;;;;;;/q-1;;;;;;;;;+1. The van der Waals surface area contributed by atoms with Gasteiger partial charge in [0.15, 0.2) is 0 Å². The second-order valence-corrected chi connectivity index (χ2v) is 7.35. The molecule has 1 aromatic heterocycles. The first-order valence-electron chi connectivity index (χ1n) is 11.6. The molecule has 1 N–H and O–H groups in total. The molecule has 2 aromatic rings. The molecule has 31 heavy (non-hydrogen) atoms. The third kappa shape index (κ3) is 21.5. The molecule has 2 unspecified atom stereocenters. The van der Waals surface area contributed by atoms with Gasteiger partial charge in [0, 0.05) is 5.02 Å². The fourth-order valence-corrected chi connectivity index (χ4v) is 3.71. The third-order valence-electron chi connectivity index (χ3n) is 5.19. The number of halogens is 1. The Labute approximate surface area is 439 Å². The van der Waals surface area contributed by atoms with Crippen LogP contribution in [0.15, 0.2) is 30.6 Å². The average Bonchev–Trinajstić information content (AvgIpc) is 3.37. The van der Waals surface area contributed by atoms with E-state index in [4.69, 9.17) is 11.6 Å². The summed E-state index contributed by atoms with van der Waals surface area (Å²) in [6, 6.07) is 7.89. The van der Waals surface area contributed by atoms with E-state index in [1.165, 1.54) is 5.56 Å². The van der Waals surface area contributed by atoms with E-state index in [2.05, 4.69) is 30.3 Å². The second kappa shape index (κ2) is 33.4. The maximum atomic E-state index is 11.4. The molecular formula is C17H21ClN3ORb9. The number of rotatable bonds is 4. The third-order valence-corrected chi connectivity index (χ3v) is 5.44. The van der Waals surface area contributed by atoms with E-state index >= 15 is 0 Å². The Morgan fingerprint density at radius 2 is 1.58 bits per heavy atom. The summed E-state index contributed by atoms with van der Waals surface area (Å²) < 4.78 is 1.68. The van der Waals surface area contributed by atoms with Crippen molar-refractivity contribution in [3.8, 4) is 0 Å². The molecule has 1 fully saturated rings. The van der Waals surface area contributed by atoms with Crippen molar-refractivity contribution >= 4 is 282 Å². The maximum absolute atomic E-state index is 11.4. The monoisotopic (exact) mass is 1080 g/mol. The van der Waals surface area contributed by atoms with Crippen molar-refractivity contribution in [1.29, 1.82) is 0 Å². The van der Waals surface area contributed by atoms with Crippen LogP contribution in [-0.4, -0.2) is 296 Å². The van der Waals surface area contributed by atoms with Crippen LogP contribution < -0.4 is 58.2 Å². The molecule has 0 spiro atoms. The molecule has 14 heteroatoms. The minimum atomic E-state index is -0.811. The fraction of sp³-hybridized carbons (Fsp3) is 0.529. The Morgan fingerprint density at radius 1 is 1.06 bits per heavy atom. The number of benzene rings is 1. The van der Waals surface area contributed by atoms with Gasteiger partial charge in [-0.1, -0.05) is 37.6 Å². The zero-order valence-corrected chi connectivity index (χ0v) is 67.0. The molecule has 2 atom stereocenters. The quantitative estimate of drug-likeness (QED) is 0.335. The van der Waals surface area contributed by atoms with Crippen LogP contribution in [0.4, 0.5) is 0 Å². The summed E-state index contributed by atoms with van der Waals surface area (Å²) in [6.45, 7) is 4.72. The van der Waals surface area contributed by atoms with Gasteiger partial charge >= 0.3 is 329 Å². The summed E-state index contributed by atoms with van der Waals surface area (Å²) >= 11 is 15.2. The van der Waals surface area contributed by atoms with Crippen molar-refractivity contribution in [2.75, 3.05) is 0 Å². The first-order chi connectivity index (χ1) is 14.4. The number of aliphatic hydroxyl groups is 1. The molecule has 1 aliphatic rings. The van der Waals surface area contributed by atoms with Gasteiger partial charge in [0.25, 0.3) is 0 Å². The molecule has 0 saturated heterocycles. The van der Waals surface area contributed by atoms with Gasteiger partial charge in [-0.15, -0.1) is 0 Å². The van der Waals surface area contributed by atoms with Gasteiger partial charge in [-0.2, -0.15) is 0 Å². The van der Waals surface area contributed by atoms with Crippen LogP contribution in [-0.2, 0) is 13.0 Å². The van der Waals surface area contributed by atoms with E-state index in [0.717, 1.165) is 295 Å². The fourth-order valence-electron chi connectivity index (χ4n) is 3.59. The molecule has 0 radical (unpaired) electrons. The summed E-state index contributed by atoms with van der Waals surface area (Å²) in [7, 11) is 0. The van der Waals surface area contributed by atoms with E-state index in [9.17, 15) is 5.11 Å². The summed E-state index contributed by atoms with van der Waals surface area (Å²) in [4.78, 5) is 3.86. The summed E-state index contributed by atoms with van der Waals surface area (Å²) in [5, 5.41) is 16.2. The van der Waals surface area contributed by atoms with Crippen molar-refractivity contribution in [2.24, 2.45) is 11.3 Å². The van der Waals surface area contributed by atoms with Gasteiger partial charge < -0.3 is 14.8 Å². The Bertz CT molecular complexity index is 651. The van der Waals surface area contributed by atoms with E-state index < -0.39 is 5.60 Å². The Kier molecular flexibility index (Phi) is 54.1. The van der Waals surface area contributed by atoms with E-state index in [-0.39, 0.29) is 69.5 Å². The van der Waals surface area contributed by atoms with Crippen molar-refractivity contribution in [3.63, 3.8) is 0 Å². The van der Waals surface area contributed by atoms with Crippen LogP contribution in [0.3, 0.4) is 0 Å². The molecule has 1 aliphatic carbocycles. The van der Waals surface area contributed by atoms with Crippen LogP contribution in [0.25, 0.3) is 0 Å². The number of hydrogen-bond donors (Lipinski definition) is 1. The molecule has 1 saturated carbocycles. The summed E-state index contributed by atoms with van der Waals surface area (Å²) in [6.07, 6.45) is 7.02. The summed E-state index contributed by atoms with van der Waals surface area (Å²) in [5.41, 5.74) is 0.236. The first kappa shape index (κ1) is 50.2. The molecule has 0 bridgehead atoms. The summed E-state index contributed by atoms with van der Waals surface area (Å²) in [5.74, 6) is 0.188. The molecule has 126 valence electrons. The van der Waals surface area contributed by atoms with Crippen molar-refractivity contribution < 1.29 is 63.3 Å². The van der Waals surface area contributed by atoms with E-state index in [0.29, 0.717) is 6.54 Å². The van der Waals surface area contributed by atoms with E-state index in [1.807, 2.05) is 24.3 Å². The Balaban J connectivity index is -0.000000785. The topological polar surface area (TPSA) is 50.9 Å². The number of hydrogen-bond acceptors (Lipinski definition) is 3. The SMILES string of the molecule is CC1(C)CCC(Cc2ccc(Cl)cc2)C1(O)Cn1cn[c-]n1.[Rb+].[Rb][Rb].[Rb][Rb].[Rb][Rb].[Rb][Rb]. The van der Waals surface area contributed by atoms with Crippen LogP contribution >= 0.6 is 11.6 Å². The first-order valence-corrected chi connectivity index (χ1v) is 148. The van der Waals surface area contributed by atoms with Crippen molar-refractivity contribution in [1.82, 2.24) is 14.8 Å². The molecule has 4 nitrogen and oxygen atoms in total. The van der Waals surface area contributed by atoms with Crippen LogP contribution in [0, 0.1) is 17.7 Å².